The van der Waals surface area contributed by atoms with Crippen LogP contribution in [0.25, 0.3) is 11.1 Å². The predicted octanol–water partition coefficient (Wildman–Crippen LogP) is 5.51. The van der Waals surface area contributed by atoms with Crippen LogP contribution in [0.3, 0.4) is 0 Å². The van der Waals surface area contributed by atoms with Crippen molar-refractivity contribution in [1.29, 1.82) is 0 Å². The van der Waals surface area contributed by atoms with Crippen molar-refractivity contribution in [3.05, 3.63) is 80.8 Å². The van der Waals surface area contributed by atoms with Crippen LogP contribution in [0.1, 0.15) is 38.8 Å². The number of nitrogens with one attached hydrogen (secondary N) is 1. The lowest BCUT2D eigenvalue weighted by Crippen LogP contribution is -2.43. The van der Waals surface area contributed by atoms with Gasteiger partial charge in [0.25, 0.3) is 5.91 Å². The summed E-state index contributed by atoms with van der Waals surface area (Å²) in [5.41, 5.74) is 3.25. The van der Waals surface area contributed by atoms with Gasteiger partial charge in [-0.1, -0.05) is 47.5 Å². The summed E-state index contributed by atoms with van der Waals surface area (Å²) < 4.78 is 26.4. The van der Waals surface area contributed by atoms with E-state index in [-0.39, 0.29) is 27.6 Å². The lowest BCUT2D eigenvalue weighted by Gasteiger charge is -2.19. The van der Waals surface area contributed by atoms with Crippen molar-refractivity contribution in [3.8, 4) is 22.6 Å². The van der Waals surface area contributed by atoms with Crippen LogP contribution >= 0.6 is 23.2 Å². The SMILES string of the molecule is CCOCc1cc(OC)c(-c2ccc(C[C@H](NC(=O)c3c(Cl)cc(C(=O)OC)cc3Cl)C(=O)OC)cc2)c(OC)c1. The smallest absolute Gasteiger partial charge is 0.337 e. The summed E-state index contributed by atoms with van der Waals surface area (Å²) in [5, 5.41) is 2.49. The van der Waals surface area contributed by atoms with Crippen LogP contribution in [0.5, 0.6) is 11.5 Å². The minimum absolute atomic E-state index is 0.0708. The Morgan fingerprint density at radius 2 is 1.41 bits per heavy atom. The minimum Gasteiger partial charge on any atom is -0.496 e. The largest absolute Gasteiger partial charge is 0.496 e. The van der Waals surface area contributed by atoms with Gasteiger partial charge in [-0.15, -0.1) is 0 Å². The van der Waals surface area contributed by atoms with Crippen LogP contribution < -0.4 is 14.8 Å². The van der Waals surface area contributed by atoms with Crippen LogP contribution in [-0.2, 0) is 32.0 Å². The first-order valence-electron chi connectivity index (χ1n) is 12.5. The third-order valence-electron chi connectivity index (χ3n) is 6.20. The fraction of sp³-hybridized carbons (Fsp3) is 0.300. The van der Waals surface area contributed by atoms with Crippen LogP contribution in [0, 0.1) is 0 Å². The number of benzene rings is 3. The topological polar surface area (TPSA) is 109 Å². The average molecular weight is 604 g/mol. The maximum atomic E-state index is 13.1. The highest BCUT2D eigenvalue weighted by Gasteiger charge is 2.26. The minimum atomic E-state index is -1.05. The quantitative estimate of drug-likeness (QED) is 0.270. The molecule has 0 aliphatic carbocycles. The number of esters is 2. The first kappa shape index (κ1) is 31.7. The second-order valence-corrected chi connectivity index (χ2v) is 9.58. The van der Waals surface area contributed by atoms with Gasteiger partial charge in [0.05, 0.1) is 61.8 Å². The first-order chi connectivity index (χ1) is 19.7. The van der Waals surface area contributed by atoms with Crippen molar-refractivity contribution in [3.63, 3.8) is 0 Å². The fourth-order valence-corrected chi connectivity index (χ4v) is 4.85. The van der Waals surface area contributed by atoms with Gasteiger partial charge < -0.3 is 29.0 Å². The van der Waals surface area contributed by atoms with Gasteiger partial charge in [-0.05, 0) is 47.9 Å². The molecule has 1 amide bonds. The predicted molar refractivity (Wildman–Crippen MR) is 155 cm³/mol. The molecule has 0 unspecified atom stereocenters. The molecule has 1 atom stereocenters. The molecule has 0 spiro atoms. The molecule has 3 aromatic rings. The van der Waals surface area contributed by atoms with E-state index in [1.165, 1.54) is 26.4 Å². The molecule has 0 aliphatic rings. The Morgan fingerprint density at radius 1 is 0.829 bits per heavy atom. The third kappa shape index (κ3) is 7.70. The molecule has 0 bridgehead atoms. The van der Waals surface area contributed by atoms with Crippen molar-refractivity contribution in [2.75, 3.05) is 35.0 Å². The number of rotatable bonds is 12. The van der Waals surface area contributed by atoms with Crippen molar-refractivity contribution in [2.45, 2.75) is 26.0 Å². The zero-order valence-electron chi connectivity index (χ0n) is 23.3. The number of halogens is 2. The van der Waals surface area contributed by atoms with E-state index in [4.69, 9.17) is 42.1 Å². The highest BCUT2D eigenvalue weighted by atomic mass is 35.5. The van der Waals surface area contributed by atoms with Gasteiger partial charge in [-0.25, -0.2) is 9.59 Å². The summed E-state index contributed by atoms with van der Waals surface area (Å²) in [5.74, 6) is -0.774. The molecule has 0 aromatic heterocycles. The second kappa shape index (κ2) is 14.7. The fourth-order valence-electron chi connectivity index (χ4n) is 4.19. The molecule has 9 nitrogen and oxygen atoms in total. The first-order valence-corrected chi connectivity index (χ1v) is 13.3. The van der Waals surface area contributed by atoms with Gasteiger partial charge in [0.2, 0.25) is 0 Å². The van der Waals surface area contributed by atoms with E-state index >= 15 is 0 Å². The normalized spacial score (nSPS) is 11.4. The Balaban J connectivity index is 1.86. The van der Waals surface area contributed by atoms with E-state index in [9.17, 15) is 14.4 Å². The van der Waals surface area contributed by atoms with Gasteiger partial charge in [0, 0.05) is 13.0 Å². The highest BCUT2D eigenvalue weighted by molar-refractivity contribution is 6.40. The number of carbonyl (C=O) groups is 3. The molecule has 1 N–H and O–H groups in total. The second-order valence-electron chi connectivity index (χ2n) is 8.77. The molecule has 3 aromatic carbocycles. The summed E-state index contributed by atoms with van der Waals surface area (Å²) in [6, 6.07) is 12.7. The number of hydrogen-bond donors (Lipinski definition) is 1. The van der Waals surface area contributed by atoms with Crippen molar-refractivity contribution in [2.24, 2.45) is 0 Å². The summed E-state index contributed by atoms with van der Waals surface area (Å²) in [7, 11) is 5.61. The van der Waals surface area contributed by atoms with Crippen LogP contribution in [-0.4, -0.2) is 58.9 Å². The Morgan fingerprint density at radius 3 is 1.90 bits per heavy atom. The molecule has 218 valence electrons. The molecule has 3 rings (SSSR count). The number of methoxy groups -OCH3 is 4. The molecule has 0 fully saturated rings. The number of hydrogen-bond acceptors (Lipinski definition) is 8. The van der Waals surface area contributed by atoms with Crippen LogP contribution in [0.4, 0.5) is 0 Å². The Kier molecular flexibility index (Phi) is 11.4. The zero-order chi connectivity index (χ0) is 30.1. The molecule has 11 heteroatoms. The number of carbonyl (C=O) groups excluding carboxylic acids is 3. The molecule has 0 aliphatic heterocycles. The monoisotopic (exact) mass is 603 g/mol. The highest BCUT2D eigenvalue weighted by Crippen LogP contribution is 2.40. The Labute approximate surface area is 248 Å². The van der Waals surface area contributed by atoms with Gasteiger partial charge in [0.15, 0.2) is 0 Å². The van der Waals surface area contributed by atoms with Crippen molar-refractivity contribution >= 4 is 41.0 Å². The molecule has 0 saturated heterocycles. The van der Waals surface area contributed by atoms with Crippen LogP contribution in [0.15, 0.2) is 48.5 Å². The maximum absolute atomic E-state index is 13.1. The lowest BCUT2D eigenvalue weighted by molar-refractivity contribution is -0.142. The van der Waals surface area contributed by atoms with E-state index in [0.717, 1.165) is 22.3 Å². The van der Waals surface area contributed by atoms with E-state index in [1.54, 1.807) is 14.2 Å². The lowest BCUT2D eigenvalue weighted by atomic mass is 9.98. The van der Waals surface area contributed by atoms with E-state index < -0.39 is 23.9 Å². The van der Waals surface area contributed by atoms with E-state index in [2.05, 4.69) is 10.1 Å². The molecule has 0 saturated carbocycles. The van der Waals surface area contributed by atoms with Gasteiger partial charge >= 0.3 is 11.9 Å². The van der Waals surface area contributed by atoms with E-state index in [0.29, 0.717) is 24.7 Å². The molecular weight excluding hydrogens is 573 g/mol. The summed E-state index contributed by atoms with van der Waals surface area (Å²) >= 11 is 12.5. The summed E-state index contributed by atoms with van der Waals surface area (Å²) in [6.07, 6.45) is 0.121. The standard InChI is InChI=1S/C30H31Cl2NO8/c1-6-41-16-18-12-24(37-2)26(25(13-18)38-3)19-9-7-17(8-10-19)11-23(30(36)40-5)33-28(34)27-21(31)14-20(15-22(27)32)29(35)39-4/h7-10,12-15,23H,6,11,16H2,1-5H3,(H,33,34)/t23-/m0/s1. The average Bonchev–Trinajstić information content (AvgIpc) is 2.98. The molecular formula is C30H31Cl2NO8. The van der Waals surface area contributed by atoms with Crippen molar-refractivity contribution in [1.82, 2.24) is 5.32 Å². The third-order valence-corrected chi connectivity index (χ3v) is 6.80. The van der Waals surface area contributed by atoms with Gasteiger partial charge in [0.1, 0.15) is 17.5 Å². The van der Waals surface area contributed by atoms with Crippen molar-refractivity contribution < 1.29 is 38.1 Å². The van der Waals surface area contributed by atoms with Gasteiger partial charge in [-0.3, -0.25) is 4.79 Å². The maximum Gasteiger partial charge on any atom is 0.337 e. The molecule has 0 radical (unpaired) electrons. The van der Waals surface area contributed by atoms with Crippen LogP contribution in [0.2, 0.25) is 10.0 Å². The zero-order valence-corrected chi connectivity index (χ0v) is 24.9. The summed E-state index contributed by atoms with van der Waals surface area (Å²) in [6.45, 7) is 2.94. The number of ether oxygens (including phenoxy) is 5. The molecule has 41 heavy (non-hydrogen) atoms. The Bertz CT molecular complexity index is 1360. The Hall–Kier alpha value is -3.79. The van der Waals surface area contributed by atoms with E-state index in [1.807, 2.05) is 43.3 Å². The molecule has 0 heterocycles. The van der Waals surface area contributed by atoms with Gasteiger partial charge in [-0.2, -0.15) is 0 Å². The number of amides is 1. The summed E-state index contributed by atoms with van der Waals surface area (Å²) in [4.78, 5) is 37.5.